The summed E-state index contributed by atoms with van der Waals surface area (Å²) in [6, 6.07) is 18.5. The van der Waals surface area contributed by atoms with Crippen molar-refractivity contribution in [3.63, 3.8) is 0 Å². The third-order valence-corrected chi connectivity index (χ3v) is 6.85. The Hall–Kier alpha value is -4.95. The average molecular weight is 554 g/mol. The Labute approximate surface area is 237 Å². The van der Waals surface area contributed by atoms with Gasteiger partial charge >= 0.3 is 5.69 Å². The molecule has 0 aliphatic carbocycles. The summed E-state index contributed by atoms with van der Waals surface area (Å²) in [7, 11) is 0. The van der Waals surface area contributed by atoms with E-state index < -0.39 is 5.60 Å². The fraction of sp³-hybridized carbons (Fsp3) is 0.300. The molecule has 3 heterocycles. The zero-order chi connectivity index (χ0) is 29.1. The molecule has 0 spiro atoms. The van der Waals surface area contributed by atoms with E-state index in [4.69, 9.17) is 15.2 Å². The lowest BCUT2D eigenvalue weighted by Gasteiger charge is -2.39. The number of hydrogen-bond acceptors (Lipinski definition) is 8. The van der Waals surface area contributed by atoms with E-state index in [1.54, 1.807) is 53.7 Å². The van der Waals surface area contributed by atoms with Crippen molar-refractivity contribution in [2.24, 2.45) is 5.92 Å². The van der Waals surface area contributed by atoms with Crippen molar-refractivity contribution in [2.75, 3.05) is 25.4 Å². The number of hydrogen-bond donors (Lipinski definition) is 1. The molecular formula is C30H31N7O4. The van der Waals surface area contributed by atoms with Crippen molar-refractivity contribution in [1.82, 2.24) is 24.0 Å². The number of benzene rings is 2. The number of fused-ring (bicyclic) bond motifs is 1. The average Bonchev–Trinajstić information content (AvgIpc) is 3.21. The predicted octanol–water partition coefficient (Wildman–Crippen LogP) is 3.68. The molecule has 11 nitrogen and oxygen atoms in total. The highest BCUT2D eigenvalue weighted by Gasteiger charge is 2.34. The van der Waals surface area contributed by atoms with Gasteiger partial charge in [-0.3, -0.25) is 13.9 Å². The van der Waals surface area contributed by atoms with Gasteiger partial charge in [-0.1, -0.05) is 18.2 Å². The van der Waals surface area contributed by atoms with Gasteiger partial charge in [0.1, 0.15) is 35.0 Å². The predicted molar refractivity (Wildman–Crippen MR) is 154 cm³/mol. The molecule has 2 N–H and O–H groups in total. The molecule has 5 rings (SSSR count). The van der Waals surface area contributed by atoms with Gasteiger partial charge in [0.15, 0.2) is 11.5 Å². The van der Waals surface area contributed by atoms with Gasteiger partial charge in [0, 0.05) is 32.2 Å². The number of para-hydroxylation sites is 1. The van der Waals surface area contributed by atoms with Crippen molar-refractivity contribution in [3.8, 4) is 23.3 Å². The Balaban J connectivity index is 1.36. The van der Waals surface area contributed by atoms with Crippen molar-refractivity contribution in [3.05, 3.63) is 83.1 Å². The van der Waals surface area contributed by atoms with Crippen molar-refractivity contribution >= 4 is 22.9 Å². The maximum absolute atomic E-state index is 13.7. The van der Waals surface area contributed by atoms with E-state index in [0.717, 1.165) is 0 Å². The molecular weight excluding hydrogens is 522 g/mol. The second-order valence-electron chi connectivity index (χ2n) is 10.4. The summed E-state index contributed by atoms with van der Waals surface area (Å²) in [5, 5.41) is 9.58. The molecule has 11 heteroatoms. The summed E-state index contributed by atoms with van der Waals surface area (Å²) in [5.74, 6) is 1.15. The number of amides is 1. The zero-order valence-electron chi connectivity index (χ0n) is 23.2. The van der Waals surface area contributed by atoms with E-state index in [1.807, 2.05) is 43.3 Å². The zero-order valence-corrected chi connectivity index (χ0v) is 23.2. The van der Waals surface area contributed by atoms with Gasteiger partial charge in [-0.25, -0.2) is 14.8 Å². The first kappa shape index (κ1) is 27.6. The SMILES string of the molecule is CCOC(C)(C)/C=C(/C#N)C(=O)N1CC(Cn2c(=O)n(-c3ccc(Oc4ccccc4)cc3)c3c(N)ncnc32)C1. The summed E-state index contributed by atoms with van der Waals surface area (Å²) in [6.07, 6.45) is 2.88. The Bertz CT molecular complexity index is 1690. The van der Waals surface area contributed by atoms with Crippen LogP contribution in [0.5, 0.6) is 11.5 Å². The molecule has 1 amide bonds. The highest BCUT2D eigenvalue weighted by atomic mass is 16.5. The third-order valence-electron chi connectivity index (χ3n) is 6.85. The highest BCUT2D eigenvalue weighted by Crippen LogP contribution is 2.27. The first-order chi connectivity index (χ1) is 19.7. The summed E-state index contributed by atoms with van der Waals surface area (Å²) in [5.41, 5.74) is 6.62. The molecule has 1 aliphatic heterocycles. The normalized spacial score (nSPS) is 14.1. The Morgan fingerprint density at radius 2 is 1.80 bits per heavy atom. The van der Waals surface area contributed by atoms with Crippen molar-refractivity contribution in [2.45, 2.75) is 32.9 Å². The molecule has 0 unspecified atom stereocenters. The van der Waals surface area contributed by atoms with Crippen LogP contribution in [0.25, 0.3) is 16.9 Å². The number of imidazole rings is 1. The van der Waals surface area contributed by atoms with Gasteiger partial charge in [0.2, 0.25) is 0 Å². The number of nitrogens with zero attached hydrogens (tertiary/aromatic N) is 6. The summed E-state index contributed by atoms with van der Waals surface area (Å²) < 4.78 is 14.5. The van der Waals surface area contributed by atoms with E-state index in [9.17, 15) is 14.9 Å². The number of rotatable bonds is 9. The number of nitrogens with two attached hydrogens (primary N) is 1. The second kappa shape index (κ2) is 11.3. The van der Waals surface area contributed by atoms with Crippen LogP contribution in [0, 0.1) is 17.2 Å². The second-order valence-corrected chi connectivity index (χ2v) is 10.4. The molecule has 0 radical (unpaired) electrons. The summed E-state index contributed by atoms with van der Waals surface area (Å²) >= 11 is 0. The number of nitrogen functional groups attached to an aromatic ring is 1. The van der Waals surface area contributed by atoms with Gasteiger partial charge in [-0.2, -0.15) is 5.26 Å². The van der Waals surface area contributed by atoms with Crippen molar-refractivity contribution < 1.29 is 14.3 Å². The minimum atomic E-state index is -0.736. The van der Waals surface area contributed by atoms with E-state index in [-0.39, 0.29) is 28.9 Å². The van der Waals surface area contributed by atoms with Gasteiger partial charge < -0.3 is 20.1 Å². The maximum Gasteiger partial charge on any atom is 0.335 e. The van der Waals surface area contributed by atoms with Crippen LogP contribution in [-0.4, -0.2) is 55.2 Å². The van der Waals surface area contributed by atoms with Gasteiger partial charge in [-0.15, -0.1) is 0 Å². The third kappa shape index (κ3) is 5.69. The number of likely N-dealkylation sites (tertiary alicyclic amines) is 1. The van der Waals surface area contributed by atoms with Crippen LogP contribution in [0.3, 0.4) is 0 Å². The molecule has 4 aromatic rings. The lowest BCUT2D eigenvalue weighted by Crippen LogP contribution is -2.52. The lowest BCUT2D eigenvalue weighted by atomic mass is 9.97. The van der Waals surface area contributed by atoms with E-state index in [2.05, 4.69) is 9.97 Å². The van der Waals surface area contributed by atoms with E-state index in [1.165, 1.54) is 10.9 Å². The van der Waals surface area contributed by atoms with Crippen LogP contribution in [0.2, 0.25) is 0 Å². The van der Waals surface area contributed by atoms with Crippen LogP contribution in [0.4, 0.5) is 5.82 Å². The Morgan fingerprint density at radius 3 is 2.46 bits per heavy atom. The fourth-order valence-electron chi connectivity index (χ4n) is 4.98. The number of anilines is 1. The molecule has 210 valence electrons. The minimum Gasteiger partial charge on any atom is -0.457 e. The Morgan fingerprint density at radius 1 is 1.12 bits per heavy atom. The van der Waals surface area contributed by atoms with Gasteiger partial charge in [-0.05, 0) is 63.2 Å². The number of carbonyl (C=O) groups is 1. The van der Waals surface area contributed by atoms with Gasteiger partial charge in [0.25, 0.3) is 5.91 Å². The van der Waals surface area contributed by atoms with Crippen LogP contribution in [0.1, 0.15) is 20.8 Å². The van der Waals surface area contributed by atoms with Crippen LogP contribution < -0.4 is 16.2 Å². The smallest absolute Gasteiger partial charge is 0.335 e. The van der Waals surface area contributed by atoms with Crippen LogP contribution in [-0.2, 0) is 16.1 Å². The standard InChI is InChI=1S/C30H31N7O4/c1-4-40-30(2,3)14-21(15-31)28(38)35-16-20(17-35)18-36-27-25(26(32)33-19-34-27)37(29(36)39)22-10-12-24(13-11-22)41-23-8-6-5-7-9-23/h5-14,19-20H,4,16-18H2,1-3H3,(H2,32,33,34)/b21-14-. The quantitative estimate of drug-likeness (QED) is 0.244. The van der Waals surface area contributed by atoms with Crippen molar-refractivity contribution in [1.29, 1.82) is 5.26 Å². The summed E-state index contributed by atoms with van der Waals surface area (Å²) in [6.45, 7) is 7.06. The summed E-state index contributed by atoms with van der Waals surface area (Å²) in [4.78, 5) is 36.7. The first-order valence-electron chi connectivity index (χ1n) is 13.3. The fourth-order valence-corrected chi connectivity index (χ4v) is 4.98. The monoisotopic (exact) mass is 553 g/mol. The first-order valence-corrected chi connectivity index (χ1v) is 13.3. The minimum absolute atomic E-state index is 0.00613. The molecule has 0 bridgehead atoms. The molecule has 2 aromatic carbocycles. The van der Waals surface area contributed by atoms with Gasteiger partial charge in [0.05, 0.1) is 11.3 Å². The maximum atomic E-state index is 13.7. The number of carbonyl (C=O) groups excluding carboxylic acids is 1. The molecule has 1 fully saturated rings. The lowest BCUT2D eigenvalue weighted by molar-refractivity contribution is -0.133. The molecule has 0 atom stereocenters. The Kier molecular flexibility index (Phi) is 7.59. The molecule has 1 saturated heterocycles. The largest absolute Gasteiger partial charge is 0.457 e. The number of nitriles is 1. The highest BCUT2D eigenvalue weighted by molar-refractivity contribution is 5.97. The molecule has 41 heavy (non-hydrogen) atoms. The van der Waals surface area contributed by atoms with E-state index >= 15 is 0 Å². The number of ether oxygens (including phenoxy) is 2. The molecule has 1 aliphatic rings. The van der Waals surface area contributed by atoms with Crippen LogP contribution >= 0.6 is 0 Å². The molecule has 0 saturated carbocycles. The van der Waals surface area contributed by atoms with Crippen LogP contribution in [0.15, 0.2) is 77.4 Å². The molecule has 2 aromatic heterocycles. The topological polar surface area (TPSA) is 141 Å². The number of aromatic nitrogens is 4. The van der Waals surface area contributed by atoms with E-state index in [0.29, 0.717) is 54.6 Å².